The molecule has 3 rings (SSSR count). The second kappa shape index (κ2) is 8.35. The summed E-state index contributed by atoms with van der Waals surface area (Å²) in [5, 5.41) is 24.4. The highest BCUT2D eigenvalue weighted by molar-refractivity contribution is 7.71. The predicted molar refractivity (Wildman–Crippen MR) is 106 cm³/mol. The lowest BCUT2D eigenvalue weighted by molar-refractivity contribution is -0.384. The predicted octanol–water partition coefficient (Wildman–Crippen LogP) is 2.97. The second-order valence-corrected chi connectivity index (χ2v) is 6.29. The van der Waals surface area contributed by atoms with E-state index in [1.54, 1.807) is 24.3 Å². The summed E-state index contributed by atoms with van der Waals surface area (Å²) in [5.41, 5.74) is 2.26. The van der Waals surface area contributed by atoms with Crippen molar-refractivity contribution >= 4 is 30.0 Å². The molecular formula is C18H16N6O3S. The monoisotopic (exact) mass is 396 g/mol. The summed E-state index contributed by atoms with van der Waals surface area (Å²) in [6, 6.07) is 13.1. The van der Waals surface area contributed by atoms with Crippen LogP contribution in [0, 0.1) is 21.8 Å². The van der Waals surface area contributed by atoms with E-state index in [2.05, 4.69) is 20.6 Å². The van der Waals surface area contributed by atoms with Gasteiger partial charge in [0.15, 0.2) is 5.82 Å². The van der Waals surface area contributed by atoms with E-state index in [-0.39, 0.29) is 22.9 Å². The van der Waals surface area contributed by atoms with Crippen LogP contribution in [-0.2, 0) is 6.54 Å². The van der Waals surface area contributed by atoms with Gasteiger partial charge in [-0.1, -0.05) is 17.7 Å². The molecule has 28 heavy (non-hydrogen) atoms. The summed E-state index contributed by atoms with van der Waals surface area (Å²) in [6.07, 6.45) is 1.50. The number of amides is 1. The number of hydrogen-bond acceptors (Lipinski definition) is 6. The number of carbonyl (C=O) groups excluding carboxylic acids is 1. The third-order valence-electron chi connectivity index (χ3n) is 3.86. The topological polar surface area (TPSA) is 118 Å². The minimum Gasteiger partial charge on any atom is -0.345 e. The summed E-state index contributed by atoms with van der Waals surface area (Å²) in [6.45, 7) is 2.07. The second-order valence-electron chi connectivity index (χ2n) is 5.90. The van der Waals surface area contributed by atoms with Crippen LogP contribution in [0.4, 0.5) is 5.69 Å². The number of carbonyl (C=O) groups is 1. The molecule has 0 unspecified atom stereocenters. The molecule has 142 valence electrons. The zero-order chi connectivity index (χ0) is 20.1. The zero-order valence-corrected chi connectivity index (χ0v) is 15.6. The summed E-state index contributed by atoms with van der Waals surface area (Å²) < 4.78 is 1.64. The molecule has 0 fully saturated rings. The maximum absolute atomic E-state index is 12.2. The molecule has 9 nitrogen and oxygen atoms in total. The number of hydrogen-bond donors (Lipinski definition) is 2. The van der Waals surface area contributed by atoms with Gasteiger partial charge in [-0.15, -0.1) is 0 Å². The van der Waals surface area contributed by atoms with E-state index >= 15 is 0 Å². The Morgan fingerprint density at radius 3 is 2.61 bits per heavy atom. The fraction of sp³-hybridized carbons (Fsp3) is 0.111. The number of rotatable bonds is 6. The molecule has 10 heteroatoms. The molecule has 1 aromatic heterocycles. The number of aromatic nitrogens is 3. The molecule has 0 radical (unpaired) electrons. The van der Waals surface area contributed by atoms with E-state index in [0.29, 0.717) is 17.0 Å². The van der Waals surface area contributed by atoms with Gasteiger partial charge in [-0.3, -0.25) is 20.0 Å². The van der Waals surface area contributed by atoms with Crippen molar-refractivity contribution in [1.29, 1.82) is 0 Å². The number of non-ortho nitro benzene ring substituents is 1. The molecule has 2 N–H and O–H groups in total. The van der Waals surface area contributed by atoms with Crippen LogP contribution in [0.25, 0.3) is 0 Å². The summed E-state index contributed by atoms with van der Waals surface area (Å²) in [7, 11) is 0. The summed E-state index contributed by atoms with van der Waals surface area (Å²) in [4.78, 5) is 22.5. The Hall–Kier alpha value is -3.66. The first-order valence-electron chi connectivity index (χ1n) is 8.24. The zero-order valence-electron chi connectivity index (χ0n) is 14.8. The van der Waals surface area contributed by atoms with Gasteiger partial charge in [0.1, 0.15) is 0 Å². The first-order chi connectivity index (χ1) is 13.4. The molecule has 0 saturated heterocycles. The Labute approximate surface area is 164 Å². The van der Waals surface area contributed by atoms with Crippen LogP contribution >= 0.6 is 12.2 Å². The maximum Gasteiger partial charge on any atom is 0.269 e. The number of aryl methyl sites for hydroxylation is 1. The van der Waals surface area contributed by atoms with E-state index in [0.717, 1.165) is 5.56 Å². The Kier molecular flexibility index (Phi) is 5.70. The van der Waals surface area contributed by atoms with Crippen molar-refractivity contribution in [2.45, 2.75) is 13.5 Å². The molecule has 2 aromatic carbocycles. The largest absolute Gasteiger partial charge is 0.345 e. The molecule has 1 heterocycles. The number of nitro benzene ring substituents is 1. The highest BCUT2D eigenvalue weighted by atomic mass is 32.1. The summed E-state index contributed by atoms with van der Waals surface area (Å²) in [5.74, 6) is 0.184. The van der Waals surface area contributed by atoms with Gasteiger partial charge in [0.25, 0.3) is 11.6 Å². The van der Waals surface area contributed by atoms with Crippen LogP contribution in [0.1, 0.15) is 27.3 Å². The van der Waals surface area contributed by atoms with Gasteiger partial charge < -0.3 is 5.32 Å². The molecule has 0 spiro atoms. The smallest absolute Gasteiger partial charge is 0.269 e. The quantitative estimate of drug-likeness (QED) is 0.287. The lowest BCUT2D eigenvalue weighted by Crippen LogP contribution is -2.24. The lowest BCUT2D eigenvalue weighted by atomic mass is 10.1. The minimum atomic E-state index is -0.470. The Morgan fingerprint density at radius 2 is 1.96 bits per heavy atom. The first kappa shape index (κ1) is 19.1. The molecular weight excluding hydrogens is 380 g/mol. The standard InChI is InChI=1S/C18H16N6O3S/c1-12-2-6-14(7-3-12)17(25)19-11-16-21-22-18(28)23(16)20-10-13-4-8-15(9-5-13)24(26)27/h2-10H,11H2,1H3,(H,19,25)(H,22,28)/b20-10+. The number of nitrogens with zero attached hydrogens (tertiary/aromatic N) is 4. The number of nitro groups is 1. The molecule has 0 aliphatic heterocycles. The molecule has 1 amide bonds. The van der Waals surface area contributed by atoms with Crippen molar-refractivity contribution in [3.05, 3.63) is 85.9 Å². The van der Waals surface area contributed by atoms with E-state index in [9.17, 15) is 14.9 Å². The third-order valence-corrected chi connectivity index (χ3v) is 4.13. The summed E-state index contributed by atoms with van der Waals surface area (Å²) >= 11 is 5.16. The van der Waals surface area contributed by atoms with Gasteiger partial charge in [-0.25, -0.2) is 0 Å². The third kappa shape index (κ3) is 4.54. The highest BCUT2D eigenvalue weighted by Crippen LogP contribution is 2.11. The molecule has 0 atom stereocenters. The van der Waals surface area contributed by atoms with Gasteiger partial charge in [-0.05, 0) is 49.0 Å². The van der Waals surface area contributed by atoms with E-state index in [1.807, 2.05) is 19.1 Å². The SMILES string of the molecule is Cc1ccc(C(=O)NCc2n[nH]c(=S)n2/N=C/c2ccc([N+](=O)[O-])cc2)cc1. The van der Waals surface area contributed by atoms with Crippen molar-refractivity contribution in [3.63, 3.8) is 0 Å². The van der Waals surface area contributed by atoms with Crippen molar-refractivity contribution in [3.8, 4) is 0 Å². The van der Waals surface area contributed by atoms with E-state index in [1.165, 1.54) is 23.0 Å². The molecule has 3 aromatic rings. The maximum atomic E-state index is 12.2. The van der Waals surface area contributed by atoms with Crippen molar-refractivity contribution < 1.29 is 9.72 Å². The van der Waals surface area contributed by atoms with Crippen LogP contribution in [0.15, 0.2) is 53.6 Å². The molecule has 0 bridgehead atoms. The average Bonchev–Trinajstić information content (AvgIpc) is 3.05. The van der Waals surface area contributed by atoms with Gasteiger partial charge in [-0.2, -0.15) is 14.9 Å². The minimum absolute atomic E-state index is 0.00317. The number of nitrogens with one attached hydrogen (secondary N) is 2. The van der Waals surface area contributed by atoms with Crippen LogP contribution in [0.5, 0.6) is 0 Å². The Bertz CT molecular complexity index is 1080. The number of aromatic amines is 1. The van der Waals surface area contributed by atoms with Gasteiger partial charge >= 0.3 is 0 Å². The molecule has 0 aliphatic rings. The highest BCUT2D eigenvalue weighted by Gasteiger charge is 2.09. The number of H-pyrrole nitrogens is 1. The van der Waals surface area contributed by atoms with Crippen molar-refractivity contribution in [2.75, 3.05) is 0 Å². The average molecular weight is 396 g/mol. The van der Waals surface area contributed by atoms with Crippen LogP contribution in [0.2, 0.25) is 0 Å². The Balaban J connectivity index is 1.71. The van der Waals surface area contributed by atoms with Crippen molar-refractivity contribution in [2.24, 2.45) is 5.10 Å². The first-order valence-corrected chi connectivity index (χ1v) is 8.65. The van der Waals surface area contributed by atoms with E-state index in [4.69, 9.17) is 12.2 Å². The van der Waals surface area contributed by atoms with Gasteiger partial charge in [0.2, 0.25) is 4.77 Å². The molecule has 0 saturated carbocycles. The fourth-order valence-corrected chi connectivity index (χ4v) is 2.53. The molecule has 0 aliphatic carbocycles. The Morgan fingerprint density at radius 1 is 1.29 bits per heavy atom. The number of benzene rings is 2. The van der Waals surface area contributed by atoms with E-state index < -0.39 is 4.92 Å². The van der Waals surface area contributed by atoms with Crippen LogP contribution in [-0.4, -0.2) is 31.9 Å². The lowest BCUT2D eigenvalue weighted by Gasteiger charge is -2.05. The van der Waals surface area contributed by atoms with Crippen molar-refractivity contribution in [1.82, 2.24) is 20.2 Å². The van der Waals surface area contributed by atoms with Crippen LogP contribution < -0.4 is 5.32 Å². The normalized spacial score (nSPS) is 10.9. The van der Waals surface area contributed by atoms with Crippen LogP contribution in [0.3, 0.4) is 0 Å². The van der Waals surface area contributed by atoms with Gasteiger partial charge in [0, 0.05) is 17.7 Å². The fourth-order valence-electron chi connectivity index (χ4n) is 2.33. The van der Waals surface area contributed by atoms with Gasteiger partial charge in [0.05, 0.1) is 17.7 Å².